The number of thiol groups is 1. The average Bonchev–Trinajstić information content (AvgIpc) is 1.81. The second-order valence-corrected chi connectivity index (χ2v) is 4.47. The van der Waals surface area contributed by atoms with Crippen LogP contribution in [0.5, 0.6) is 0 Å². The van der Waals surface area contributed by atoms with E-state index in [9.17, 15) is 9.59 Å². The lowest BCUT2D eigenvalue weighted by Crippen LogP contribution is -2.25. The highest BCUT2D eigenvalue weighted by atomic mass is 32.1. The Balaban J connectivity index is 3.96. The number of hydrogen-bond donors (Lipinski definition) is 1. The molecule has 0 rings (SSSR count). The standard InChI is InChI=1S/C9H16O3S/c1-6(8(11)13)5-7(10)12-9(2,3)4/h6H,5H2,1-4H3,(H,11,13)/t6-/m1/s1. The predicted molar refractivity (Wildman–Crippen MR) is 53.6 cm³/mol. The van der Waals surface area contributed by atoms with Crippen molar-refractivity contribution in [3.05, 3.63) is 0 Å². The van der Waals surface area contributed by atoms with Crippen LogP contribution < -0.4 is 0 Å². The summed E-state index contributed by atoms with van der Waals surface area (Å²) in [6.07, 6.45) is 0.0968. The molecule has 0 unspecified atom stereocenters. The van der Waals surface area contributed by atoms with Crippen molar-refractivity contribution in [3.8, 4) is 0 Å². The van der Waals surface area contributed by atoms with Crippen LogP contribution in [0.25, 0.3) is 0 Å². The zero-order chi connectivity index (χ0) is 10.6. The van der Waals surface area contributed by atoms with E-state index in [0.717, 1.165) is 0 Å². The highest BCUT2D eigenvalue weighted by molar-refractivity contribution is 7.96. The van der Waals surface area contributed by atoms with Crippen molar-refractivity contribution in [1.29, 1.82) is 0 Å². The number of carbonyl (C=O) groups excluding carboxylic acids is 2. The molecule has 3 nitrogen and oxygen atoms in total. The highest BCUT2D eigenvalue weighted by Crippen LogP contribution is 2.12. The summed E-state index contributed by atoms with van der Waals surface area (Å²) in [6.45, 7) is 7.02. The lowest BCUT2D eigenvalue weighted by molar-refractivity contribution is -0.156. The molecule has 0 saturated heterocycles. The normalized spacial score (nSPS) is 13.6. The topological polar surface area (TPSA) is 43.4 Å². The van der Waals surface area contributed by atoms with Gasteiger partial charge in [-0.25, -0.2) is 0 Å². The van der Waals surface area contributed by atoms with Crippen molar-refractivity contribution < 1.29 is 14.3 Å². The molecule has 0 N–H and O–H groups in total. The van der Waals surface area contributed by atoms with E-state index in [4.69, 9.17) is 4.74 Å². The van der Waals surface area contributed by atoms with Crippen molar-refractivity contribution in [1.82, 2.24) is 0 Å². The zero-order valence-electron chi connectivity index (χ0n) is 8.46. The van der Waals surface area contributed by atoms with E-state index in [0.29, 0.717) is 0 Å². The van der Waals surface area contributed by atoms with Crippen molar-refractivity contribution in [2.75, 3.05) is 0 Å². The van der Waals surface area contributed by atoms with Gasteiger partial charge in [0.1, 0.15) is 5.60 Å². The molecular weight excluding hydrogens is 188 g/mol. The average molecular weight is 204 g/mol. The van der Waals surface area contributed by atoms with Crippen LogP contribution in [-0.4, -0.2) is 16.7 Å². The molecule has 13 heavy (non-hydrogen) atoms. The maximum absolute atomic E-state index is 11.2. The summed E-state index contributed by atoms with van der Waals surface area (Å²) in [4.78, 5) is 21.9. The summed E-state index contributed by atoms with van der Waals surface area (Å²) >= 11 is 3.63. The maximum atomic E-state index is 11.2. The van der Waals surface area contributed by atoms with Gasteiger partial charge in [0.05, 0.1) is 6.42 Å². The van der Waals surface area contributed by atoms with Crippen LogP contribution in [0.15, 0.2) is 0 Å². The van der Waals surface area contributed by atoms with Crippen molar-refractivity contribution in [2.45, 2.75) is 39.7 Å². The third-order valence-electron chi connectivity index (χ3n) is 1.31. The molecule has 0 bridgehead atoms. The lowest BCUT2D eigenvalue weighted by atomic mass is 10.1. The molecule has 0 aromatic carbocycles. The molecule has 0 aromatic rings. The Morgan fingerprint density at radius 1 is 1.38 bits per heavy atom. The fourth-order valence-electron chi connectivity index (χ4n) is 0.720. The molecule has 0 fully saturated rings. The van der Waals surface area contributed by atoms with Crippen LogP contribution >= 0.6 is 12.6 Å². The summed E-state index contributed by atoms with van der Waals surface area (Å²) < 4.78 is 5.03. The van der Waals surface area contributed by atoms with Crippen LogP contribution in [0.2, 0.25) is 0 Å². The largest absolute Gasteiger partial charge is 0.460 e. The molecule has 4 heteroatoms. The third-order valence-corrected chi connectivity index (χ3v) is 1.76. The zero-order valence-corrected chi connectivity index (χ0v) is 9.35. The molecule has 0 aliphatic rings. The summed E-state index contributed by atoms with van der Waals surface area (Å²) in [6, 6.07) is 0. The van der Waals surface area contributed by atoms with E-state index in [1.165, 1.54) is 0 Å². The first-order chi connectivity index (χ1) is 5.72. The first-order valence-corrected chi connectivity index (χ1v) is 4.62. The molecule has 0 saturated carbocycles. The molecular formula is C9H16O3S. The van der Waals surface area contributed by atoms with Gasteiger partial charge in [0, 0.05) is 5.92 Å². The fourth-order valence-corrected chi connectivity index (χ4v) is 0.812. The number of hydrogen-bond acceptors (Lipinski definition) is 3. The van der Waals surface area contributed by atoms with Gasteiger partial charge in [-0.05, 0) is 20.8 Å². The second-order valence-electron chi connectivity index (χ2n) is 4.03. The summed E-state index contributed by atoms with van der Waals surface area (Å²) in [5, 5.41) is -0.286. The fraction of sp³-hybridized carbons (Fsp3) is 0.778. The van der Waals surface area contributed by atoms with E-state index < -0.39 is 5.60 Å². The SMILES string of the molecule is C[C@H](CC(=O)OC(C)(C)C)C(=O)S. The van der Waals surface area contributed by atoms with Crippen LogP contribution in [0.3, 0.4) is 0 Å². The van der Waals surface area contributed by atoms with Gasteiger partial charge < -0.3 is 4.74 Å². The predicted octanol–water partition coefficient (Wildman–Crippen LogP) is 1.81. The highest BCUT2D eigenvalue weighted by Gasteiger charge is 2.20. The number of esters is 1. The summed E-state index contributed by atoms with van der Waals surface area (Å²) in [5.74, 6) is -0.736. The number of carbonyl (C=O) groups is 2. The van der Waals surface area contributed by atoms with Crippen LogP contribution in [0, 0.1) is 5.92 Å². The summed E-state index contributed by atoms with van der Waals surface area (Å²) in [7, 11) is 0. The molecule has 0 aromatic heterocycles. The molecule has 0 spiro atoms. The monoisotopic (exact) mass is 204 g/mol. The Morgan fingerprint density at radius 3 is 2.15 bits per heavy atom. The Kier molecular flexibility index (Phi) is 4.47. The third kappa shape index (κ3) is 6.63. The minimum Gasteiger partial charge on any atom is -0.460 e. The molecule has 0 aliphatic carbocycles. The molecule has 1 atom stereocenters. The minimum atomic E-state index is -0.490. The van der Waals surface area contributed by atoms with Gasteiger partial charge in [0.2, 0.25) is 0 Å². The van der Waals surface area contributed by atoms with E-state index in [2.05, 4.69) is 12.6 Å². The van der Waals surface area contributed by atoms with Crippen molar-refractivity contribution in [3.63, 3.8) is 0 Å². The van der Waals surface area contributed by atoms with Gasteiger partial charge in [0.15, 0.2) is 5.12 Å². The molecule has 0 amide bonds. The van der Waals surface area contributed by atoms with E-state index >= 15 is 0 Å². The van der Waals surface area contributed by atoms with Crippen LogP contribution in [-0.2, 0) is 14.3 Å². The lowest BCUT2D eigenvalue weighted by Gasteiger charge is -2.20. The van der Waals surface area contributed by atoms with Crippen LogP contribution in [0.4, 0.5) is 0 Å². The second kappa shape index (κ2) is 4.65. The number of ether oxygens (including phenoxy) is 1. The molecule has 76 valence electrons. The van der Waals surface area contributed by atoms with Gasteiger partial charge in [-0.3, -0.25) is 9.59 Å². The summed E-state index contributed by atoms with van der Waals surface area (Å²) in [5.41, 5.74) is -0.490. The van der Waals surface area contributed by atoms with Gasteiger partial charge in [-0.15, -0.1) is 12.6 Å². The first kappa shape index (κ1) is 12.5. The van der Waals surface area contributed by atoms with Crippen molar-refractivity contribution in [2.24, 2.45) is 5.92 Å². The first-order valence-electron chi connectivity index (χ1n) is 4.17. The minimum absolute atomic E-state index is 0.0968. The van der Waals surface area contributed by atoms with Gasteiger partial charge in [-0.2, -0.15) is 0 Å². The Labute approximate surface area is 84.3 Å². The van der Waals surface area contributed by atoms with Gasteiger partial charge in [0.25, 0.3) is 0 Å². The van der Waals surface area contributed by atoms with Crippen molar-refractivity contribution >= 4 is 23.7 Å². The molecule has 0 radical (unpaired) electrons. The van der Waals surface area contributed by atoms with E-state index in [1.807, 2.05) is 0 Å². The maximum Gasteiger partial charge on any atom is 0.307 e. The quantitative estimate of drug-likeness (QED) is 0.563. The van der Waals surface area contributed by atoms with Gasteiger partial charge >= 0.3 is 5.97 Å². The number of rotatable bonds is 3. The Morgan fingerprint density at radius 2 is 1.85 bits per heavy atom. The van der Waals surface area contributed by atoms with Gasteiger partial charge in [-0.1, -0.05) is 6.92 Å². The Bertz CT molecular complexity index is 205. The van der Waals surface area contributed by atoms with Crippen LogP contribution in [0.1, 0.15) is 34.1 Å². The molecule has 0 aliphatic heterocycles. The smallest absolute Gasteiger partial charge is 0.307 e. The Hall–Kier alpha value is -0.510. The van der Waals surface area contributed by atoms with E-state index in [1.54, 1.807) is 27.7 Å². The molecule has 0 heterocycles. The van der Waals surface area contributed by atoms with E-state index in [-0.39, 0.29) is 23.4 Å².